The molecular formula is C18H36N2. The highest BCUT2D eigenvalue weighted by Crippen LogP contribution is 2.30. The summed E-state index contributed by atoms with van der Waals surface area (Å²) < 4.78 is 0. The van der Waals surface area contributed by atoms with Crippen molar-refractivity contribution in [3.63, 3.8) is 0 Å². The van der Waals surface area contributed by atoms with Gasteiger partial charge in [-0.25, -0.2) is 0 Å². The van der Waals surface area contributed by atoms with Crippen molar-refractivity contribution < 1.29 is 0 Å². The van der Waals surface area contributed by atoms with Gasteiger partial charge in [-0.05, 0) is 56.9 Å². The van der Waals surface area contributed by atoms with Crippen LogP contribution in [0.1, 0.15) is 71.6 Å². The maximum absolute atomic E-state index is 3.78. The number of nitrogens with one attached hydrogen (secondary N) is 1. The van der Waals surface area contributed by atoms with E-state index in [1.54, 1.807) is 0 Å². The van der Waals surface area contributed by atoms with Crippen LogP contribution in [0.3, 0.4) is 0 Å². The molecule has 0 atom stereocenters. The summed E-state index contributed by atoms with van der Waals surface area (Å²) in [5.41, 5.74) is 0.492. The average Bonchev–Trinajstić information content (AvgIpc) is 3.29. The van der Waals surface area contributed by atoms with E-state index >= 15 is 0 Å². The summed E-state index contributed by atoms with van der Waals surface area (Å²) in [6.07, 6.45) is 12.8. The fraction of sp³-hybridized carbons (Fsp3) is 1.00. The Hall–Kier alpha value is -0.0800. The van der Waals surface area contributed by atoms with Crippen molar-refractivity contribution in [2.45, 2.75) is 77.7 Å². The predicted molar refractivity (Wildman–Crippen MR) is 88.1 cm³/mol. The lowest BCUT2D eigenvalue weighted by Gasteiger charge is -2.38. The smallest absolute Gasteiger partial charge is 0.00684 e. The summed E-state index contributed by atoms with van der Waals surface area (Å²) in [6, 6.07) is 0.844. The highest BCUT2D eigenvalue weighted by atomic mass is 15.1. The van der Waals surface area contributed by atoms with Crippen LogP contribution in [0, 0.1) is 11.3 Å². The molecule has 0 amide bonds. The summed E-state index contributed by atoms with van der Waals surface area (Å²) in [5.74, 6) is 0.969. The molecule has 0 aliphatic heterocycles. The Morgan fingerprint density at radius 3 is 2.20 bits per heavy atom. The lowest BCUT2D eigenvalue weighted by Crippen LogP contribution is -2.44. The van der Waals surface area contributed by atoms with E-state index in [9.17, 15) is 0 Å². The first-order chi connectivity index (χ1) is 9.67. The second-order valence-corrected chi connectivity index (χ2v) is 7.56. The molecule has 0 aromatic carbocycles. The Kier molecular flexibility index (Phi) is 6.35. The van der Waals surface area contributed by atoms with Crippen LogP contribution < -0.4 is 5.32 Å². The Balaban J connectivity index is 1.78. The van der Waals surface area contributed by atoms with Gasteiger partial charge in [-0.3, -0.25) is 0 Å². The van der Waals surface area contributed by atoms with E-state index in [-0.39, 0.29) is 0 Å². The molecule has 0 saturated heterocycles. The summed E-state index contributed by atoms with van der Waals surface area (Å²) >= 11 is 0. The topological polar surface area (TPSA) is 15.3 Å². The Bertz CT molecular complexity index is 263. The zero-order chi connectivity index (χ0) is 14.4. The predicted octanol–water partition coefficient (Wildman–Crippen LogP) is 4.06. The molecule has 118 valence electrons. The van der Waals surface area contributed by atoms with Crippen molar-refractivity contribution >= 4 is 0 Å². The number of hydrogen-bond donors (Lipinski definition) is 1. The maximum Gasteiger partial charge on any atom is 0.00684 e. The monoisotopic (exact) mass is 280 g/mol. The van der Waals surface area contributed by atoms with E-state index in [1.807, 2.05) is 0 Å². The van der Waals surface area contributed by atoms with Gasteiger partial charge < -0.3 is 10.2 Å². The molecule has 0 spiro atoms. The largest absolute Gasteiger partial charge is 0.313 e. The van der Waals surface area contributed by atoms with Gasteiger partial charge in [0.25, 0.3) is 0 Å². The lowest BCUT2D eigenvalue weighted by molar-refractivity contribution is 0.132. The minimum atomic E-state index is 0.492. The van der Waals surface area contributed by atoms with Gasteiger partial charge in [0.05, 0.1) is 0 Å². The average molecular weight is 280 g/mol. The first kappa shape index (κ1) is 16.3. The van der Waals surface area contributed by atoms with Crippen molar-refractivity contribution in [3.8, 4) is 0 Å². The molecule has 1 N–H and O–H groups in total. The molecule has 2 aliphatic rings. The molecule has 2 heteroatoms. The van der Waals surface area contributed by atoms with Crippen molar-refractivity contribution in [3.05, 3.63) is 0 Å². The molecular weight excluding hydrogens is 244 g/mol. The summed E-state index contributed by atoms with van der Waals surface area (Å²) in [6.45, 7) is 8.58. The lowest BCUT2D eigenvalue weighted by atomic mass is 9.81. The molecule has 0 bridgehead atoms. The van der Waals surface area contributed by atoms with E-state index in [1.165, 1.54) is 77.4 Å². The Morgan fingerprint density at radius 2 is 1.65 bits per heavy atom. The molecule has 2 rings (SSSR count). The van der Waals surface area contributed by atoms with Crippen LogP contribution in [0.5, 0.6) is 0 Å². The van der Waals surface area contributed by atoms with Crippen LogP contribution in [-0.4, -0.2) is 37.6 Å². The van der Waals surface area contributed by atoms with E-state index in [0.29, 0.717) is 5.41 Å². The fourth-order valence-electron chi connectivity index (χ4n) is 3.88. The SMILES string of the molecule is CCC(CC)(CNC1CC1)CN(C)CC1CCCCC1. The molecule has 20 heavy (non-hydrogen) atoms. The number of rotatable bonds is 9. The zero-order valence-electron chi connectivity index (χ0n) is 14.1. The van der Waals surface area contributed by atoms with Crippen LogP contribution in [0.25, 0.3) is 0 Å². The van der Waals surface area contributed by atoms with Gasteiger partial charge in [-0.15, -0.1) is 0 Å². The highest BCUT2D eigenvalue weighted by molar-refractivity contribution is 4.88. The van der Waals surface area contributed by atoms with Crippen LogP contribution in [0.15, 0.2) is 0 Å². The first-order valence-electron chi connectivity index (χ1n) is 9.09. The van der Waals surface area contributed by atoms with Gasteiger partial charge in [0.1, 0.15) is 0 Å². The second kappa shape index (κ2) is 7.79. The molecule has 2 fully saturated rings. The first-order valence-corrected chi connectivity index (χ1v) is 9.09. The normalized spacial score (nSPS) is 21.6. The third kappa shape index (κ3) is 5.04. The minimum absolute atomic E-state index is 0.492. The summed E-state index contributed by atoms with van der Waals surface area (Å²) in [5, 5.41) is 3.78. The maximum atomic E-state index is 3.78. The number of nitrogens with zero attached hydrogens (tertiary/aromatic N) is 1. The van der Waals surface area contributed by atoms with E-state index in [0.717, 1.165) is 12.0 Å². The van der Waals surface area contributed by atoms with Crippen molar-refractivity contribution in [2.75, 3.05) is 26.7 Å². The van der Waals surface area contributed by atoms with Gasteiger partial charge in [0, 0.05) is 25.7 Å². The molecule has 0 unspecified atom stereocenters. The molecule has 2 aliphatic carbocycles. The van der Waals surface area contributed by atoms with Gasteiger partial charge >= 0.3 is 0 Å². The van der Waals surface area contributed by atoms with Gasteiger partial charge in [0.2, 0.25) is 0 Å². The van der Waals surface area contributed by atoms with Crippen LogP contribution in [-0.2, 0) is 0 Å². The van der Waals surface area contributed by atoms with Gasteiger partial charge in [-0.1, -0.05) is 33.1 Å². The molecule has 2 nitrogen and oxygen atoms in total. The molecule has 0 radical (unpaired) electrons. The summed E-state index contributed by atoms with van der Waals surface area (Å²) in [4.78, 5) is 2.64. The Labute approximate surface area is 126 Å². The van der Waals surface area contributed by atoms with E-state index in [2.05, 4.69) is 31.1 Å². The minimum Gasteiger partial charge on any atom is -0.313 e. The molecule has 0 heterocycles. The number of hydrogen-bond acceptors (Lipinski definition) is 2. The molecule has 0 aromatic rings. The highest BCUT2D eigenvalue weighted by Gasteiger charge is 2.31. The van der Waals surface area contributed by atoms with Gasteiger partial charge in [0.15, 0.2) is 0 Å². The summed E-state index contributed by atoms with van der Waals surface area (Å²) in [7, 11) is 2.35. The zero-order valence-corrected chi connectivity index (χ0v) is 14.1. The third-order valence-corrected chi connectivity index (χ3v) is 5.74. The van der Waals surface area contributed by atoms with Gasteiger partial charge in [-0.2, -0.15) is 0 Å². The quantitative estimate of drug-likeness (QED) is 0.685. The van der Waals surface area contributed by atoms with Crippen LogP contribution >= 0.6 is 0 Å². The molecule has 2 saturated carbocycles. The van der Waals surface area contributed by atoms with Crippen LogP contribution in [0.2, 0.25) is 0 Å². The van der Waals surface area contributed by atoms with Crippen LogP contribution in [0.4, 0.5) is 0 Å². The van der Waals surface area contributed by atoms with Crippen molar-refractivity contribution in [1.82, 2.24) is 10.2 Å². The standard InChI is InChI=1S/C18H36N2/c1-4-18(5-2,14-19-17-11-12-17)15-20(3)13-16-9-7-6-8-10-16/h16-17,19H,4-15H2,1-3H3. The third-order valence-electron chi connectivity index (χ3n) is 5.74. The Morgan fingerprint density at radius 1 is 1.00 bits per heavy atom. The van der Waals surface area contributed by atoms with Crippen molar-refractivity contribution in [1.29, 1.82) is 0 Å². The van der Waals surface area contributed by atoms with E-state index < -0.39 is 0 Å². The second-order valence-electron chi connectivity index (χ2n) is 7.56. The van der Waals surface area contributed by atoms with E-state index in [4.69, 9.17) is 0 Å². The van der Waals surface area contributed by atoms with Crippen molar-refractivity contribution in [2.24, 2.45) is 11.3 Å². The molecule has 0 aromatic heterocycles. The fourth-order valence-corrected chi connectivity index (χ4v) is 3.88.